The van der Waals surface area contributed by atoms with E-state index in [0.29, 0.717) is 38.1 Å². The summed E-state index contributed by atoms with van der Waals surface area (Å²) in [5.74, 6) is -1.67. The second-order valence-electron chi connectivity index (χ2n) is 5.48. The predicted octanol–water partition coefficient (Wildman–Crippen LogP) is 3.81. The van der Waals surface area contributed by atoms with E-state index in [-0.39, 0.29) is 11.3 Å². The standard InChI is InChI=1S/C15H17F4NO/c1-2-5-14(6-7-20-9-14)13(21)10-3-4-11(12(16)8-10)15(17,18)19/h3-4,8,20H,2,5-7,9H2,1H3. The van der Waals surface area contributed by atoms with Crippen molar-refractivity contribution < 1.29 is 22.4 Å². The molecule has 0 bridgehead atoms. The smallest absolute Gasteiger partial charge is 0.316 e. The van der Waals surface area contributed by atoms with Crippen LogP contribution in [0.3, 0.4) is 0 Å². The number of ketones is 1. The van der Waals surface area contributed by atoms with Gasteiger partial charge in [-0.3, -0.25) is 4.79 Å². The number of nitrogens with one attached hydrogen (secondary N) is 1. The van der Waals surface area contributed by atoms with Gasteiger partial charge in [-0.25, -0.2) is 4.39 Å². The summed E-state index contributed by atoms with van der Waals surface area (Å²) in [7, 11) is 0. The van der Waals surface area contributed by atoms with Gasteiger partial charge in [0.25, 0.3) is 0 Å². The van der Waals surface area contributed by atoms with Crippen molar-refractivity contribution in [2.45, 2.75) is 32.4 Å². The summed E-state index contributed by atoms with van der Waals surface area (Å²) in [4.78, 5) is 12.6. The van der Waals surface area contributed by atoms with Gasteiger partial charge in [0.05, 0.1) is 5.56 Å². The number of carbonyl (C=O) groups excluding carboxylic acids is 1. The third-order valence-corrected chi connectivity index (χ3v) is 3.99. The van der Waals surface area contributed by atoms with E-state index in [2.05, 4.69) is 5.32 Å². The van der Waals surface area contributed by atoms with Gasteiger partial charge >= 0.3 is 6.18 Å². The highest BCUT2D eigenvalue weighted by atomic mass is 19.4. The van der Waals surface area contributed by atoms with E-state index >= 15 is 0 Å². The van der Waals surface area contributed by atoms with Gasteiger partial charge in [-0.2, -0.15) is 13.2 Å². The summed E-state index contributed by atoms with van der Waals surface area (Å²) >= 11 is 0. The van der Waals surface area contributed by atoms with Crippen LogP contribution in [0.25, 0.3) is 0 Å². The molecule has 1 N–H and O–H groups in total. The van der Waals surface area contributed by atoms with Gasteiger partial charge in [0, 0.05) is 17.5 Å². The van der Waals surface area contributed by atoms with Crippen molar-refractivity contribution in [3.05, 3.63) is 35.1 Å². The molecule has 1 aliphatic heterocycles. The molecule has 0 spiro atoms. The first-order valence-electron chi connectivity index (χ1n) is 6.92. The third-order valence-electron chi connectivity index (χ3n) is 3.99. The SMILES string of the molecule is CCCC1(C(=O)c2ccc(C(F)(F)F)c(F)c2)CCNC1. The molecular formula is C15H17F4NO. The predicted molar refractivity (Wildman–Crippen MR) is 70.6 cm³/mol. The lowest BCUT2D eigenvalue weighted by atomic mass is 9.76. The van der Waals surface area contributed by atoms with Crippen LogP contribution in [0, 0.1) is 11.2 Å². The average molecular weight is 303 g/mol. The van der Waals surface area contributed by atoms with Gasteiger partial charge in [0.2, 0.25) is 0 Å². The number of hydrogen-bond donors (Lipinski definition) is 1. The molecule has 0 aromatic heterocycles. The molecule has 1 aromatic carbocycles. The first-order valence-corrected chi connectivity index (χ1v) is 6.92. The van der Waals surface area contributed by atoms with E-state index in [1.165, 1.54) is 0 Å². The van der Waals surface area contributed by atoms with E-state index in [1.807, 2.05) is 6.92 Å². The zero-order valence-corrected chi connectivity index (χ0v) is 11.7. The Hall–Kier alpha value is -1.43. The van der Waals surface area contributed by atoms with E-state index in [1.54, 1.807) is 0 Å². The highest BCUT2D eigenvalue weighted by Gasteiger charge is 2.41. The van der Waals surface area contributed by atoms with Crippen LogP contribution in [0.4, 0.5) is 17.6 Å². The van der Waals surface area contributed by atoms with Crippen LogP contribution in [-0.4, -0.2) is 18.9 Å². The number of halogens is 4. The van der Waals surface area contributed by atoms with E-state index in [9.17, 15) is 22.4 Å². The maximum absolute atomic E-state index is 13.6. The van der Waals surface area contributed by atoms with Crippen molar-refractivity contribution in [2.75, 3.05) is 13.1 Å². The summed E-state index contributed by atoms with van der Waals surface area (Å²) in [6.07, 6.45) is -2.69. The van der Waals surface area contributed by atoms with Gasteiger partial charge < -0.3 is 5.32 Å². The highest BCUT2D eigenvalue weighted by Crippen LogP contribution is 2.37. The topological polar surface area (TPSA) is 29.1 Å². The molecule has 0 radical (unpaired) electrons. The lowest BCUT2D eigenvalue weighted by molar-refractivity contribution is -0.140. The van der Waals surface area contributed by atoms with Crippen LogP contribution < -0.4 is 5.32 Å². The minimum atomic E-state index is -4.75. The zero-order chi connectivity index (χ0) is 15.7. The molecule has 2 nitrogen and oxygen atoms in total. The maximum atomic E-state index is 13.6. The summed E-state index contributed by atoms with van der Waals surface area (Å²) in [5.41, 5.74) is -1.95. The van der Waals surface area contributed by atoms with Crippen molar-refractivity contribution in [2.24, 2.45) is 5.41 Å². The highest BCUT2D eigenvalue weighted by molar-refractivity contribution is 6.01. The van der Waals surface area contributed by atoms with E-state index in [0.717, 1.165) is 12.5 Å². The fraction of sp³-hybridized carbons (Fsp3) is 0.533. The summed E-state index contributed by atoms with van der Waals surface area (Å²) < 4.78 is 51.2. The normalized spacial score (nSPS) is 22.5. The molecule has 1 unspecified atom stereocenters. The van der Waals surface area contributed by atoms with Crippen LogP contribution in [0.1, 0.15) is 42.1 Å². The molecule has 1 fully saturated rings. The Morgan fingerprint density at radius 1 is 1.38 bits per heavy atom. The van der Waals surface area contributed by atoms with Gasteiger partial charge in [-0.05, 0) is 31.5 Å². The molecule has 1 heterocycles. The Labute approximate surface area is 120 Å². The molecule has 0 saturated carbocycles. The van der Waals surface area contributed by atoms with Gasteiger partial charge in [-0.1, -0.05) is 19.4 Å². The minimum absolute atomic E-state index is 0.0117. The summed E-state index contributed by atoms with van der Waals surface area (Å²) in [6, 6.07) is 2.43. The molecule has 0 aliphatic carbocycles. The molecule has 1 aliphatic rings. The Kier molecular flexibility index (Phi) is 4.37. The maximum Gasteiger partial charge on any atom is 0.419 e. The van der Waals surface area contributed by atoms with E-state index < -0.39 is 23.0 Å². The lowest BCUT2D eigenvalue weighted by Crippen LogP contribution is -2.33. The Morgan fingerprint density at radius 2 is 2.10 bits per heavy atom. The molecule has 1 aromatic rings. The van der Waals surface area contributed by atoms with Crippen molar-refractivity contribution in [3.63, 3.8) is 0 Å². The molecule has 6 heteroatoms. The zero-order valence-electron chi connectivity index (χ0n) is 11.7. The molecule has 0 amide bonds. The molecule has 1 saturated heterocycles. The number of alkyl halides is 3. The quantitative estimate of drug-likeness (QED) is 0.677. The van der Waals surface area contributed by atoms with Gasteiger partial charge in [0.1, 0.15) is 5.82 Å². The molecule has 116 valence electrons. The third kappa shape index (κ3) is 3.10. The average Bonchev–Trinajstić information content (AvgIpc) is 2.86. The van der Waals surface area contributed by atoms with Gasteiger partial charge in [0.15, 0.2) is 5.78 Å². The molecule has 2 rings (SSSR count). The lowest BCUT2D eigenvalue weighted by Gasteiger charge is -2.26. The molecule has 1 atom stereocenters. The number of rotatable bonds is 4. The first-order chi connectivity index (χ1) is 9.80. The molecular weight excluding hydrogens is 286 g/mol. The number of benzene rings is 1. The largest absolute Gasteiger partial charge is 0.419 e. The Bertz CT molecular complexity index is 533. The van der Waals surface area contributed by atoms with Crippen LogP contribution in [0.5, 0.6) is 0 Å². The number of hydrogen-bond acceptors (Lipinski definition) is 2. The summed E-state index contributed by atoms with van der Waals surface area (Å²) in [6.45, 7) is 3.12. The summed E-state index contributed by atoms with van der Waals surface area (Å²) in [5, 5.41) is 3.10. The van der Waals surface area contributed by atoms with E-state index in [4.69, 9.17) is 0 Å². The van der Waals surface area contributed by atoms with Crippen molar-refractivity contribution in [1.29, 1.82) is 0 Å². The Morgan fingerprint density at radius 3 is 2.57 bits per heavy atom. The van der Waals surface area contributed by atoms with Crippen LogP contribution in [0.2, 0.25) is 0 Å². The Balaban J connectivity index is 2.33. The van der Waals surface area contributed by atoms with Crippen molar-refractivity contribution in [1.82, 2.24) is 5.32 Å². The number of Topliss-reactive ketones (excluding diaryl/α,β-unsaturated/α-hetero) is 1. The van der Waals surface area contributed by atoms with Crippen LogP contribution in [-0.2, 0) is 6.18 Å². The van der Waals surface area contributed by atoms with Crippen LogP contribution in [0.15, 0.2) is 18.2 Å². The monoisotopic (exact) mass is 303 g/mol. The fourth-order valence-electron chi connectivity index (χ4n) is 2.94. The number of carbonyl (C=O) groups is 1. The van der Waals surface area contributed by atoms with Crippen molar-refractivity contribution >= 4 is 5.78 Å². The minimum Gasteiger partial charge on any atom is -0.316 e. The van der Waals surface area contributed by atoms with Crippen molar-refractivity contribution in [3.8, 4) is 0 Å². The second-order valence-corrected chi connectivity index (χ2v) is 5.48. The molecule has 21 heavy (non-hydrogen) atoms. The fourth-order valence-corrected chi connectivity index (χ4v) is 2.94. The van der Waals surface area contributed by atoms with Gasteiger partial charge in [-0.15, -0.1) is 0 Å². The second kappa shape index (κ2) is 5.75. The van der Waals surface area contributed by atoms with Crippen LogP contribution >= 0.6 is 0 Å². The first kappa shape index (κ1) is 15.9.